The minimum absolute atomic E-state index is 0.0645. The highest BCUT2D eigenvalue weighted by molar-refractivity contribution is 5.72. The Bertz CT molecular complexity index is 360. The molecule has 5 heteroatoms. The van der Waals surface area contributed by atoms with Gasteiger partial charge in [-0.15, -0.1) is 0 Å². The first kappa shape index (κ1) is 13.2. The molecule has 0 aromatic rings. The average Bonchev–Trinajstić information content (AvgIpc) is 2.16. The van der Waals surface area contributed by atoms with Crippen LogP contribution >= 0.6 is 0 Å². The Labute approximate surface area is 107 Å². The van der Waals surface area contributed by atoms with Crippen molar-refractivity contribution in [2.24, 2.45) is 11.8 Å². The third-order valence-corrected chi connectivity index (χ3v) is 3.76. The Morgan fingerprint density at radius 1 is 1.28 bits per heavy atom. The van der Waals surface area contributed by atoms with E-state index in [2.05, 4.69) is 0 Å². The quantitative estimate of drug-likeness (QED) is 0.779. The van der Waals surface area contributed by atoms with Gasteiger partial charge in [-0.2, -0.15) is 0 Å². The largest absolute Gasteiger partial charge is 0.481 e. The van der Waals surface area contributed by atoms with Crippen molar-refractivity contribution >= 4 is 12.1 Å². The number of carboxylic acids is 1. The molecule has 1 aliphatic carbocycles. The van der Waals surface area contributed by atoms with E-state index in [0.29, 0.717) is 18.9 Å². The molecular weight excluding hydrogens is 234 g/mol. The van der Waals surface area contributed by atoms with Gasteiger partial charge >= 0.3 is 12.1 Å². The van der Waals surface area contributed by atoms with E-state index in [1.807, 2.05) is 20.8 Å². The van der Waals surface area contributed by atoms with E-state index in [4.69, 9.17) is 9.84 Å². The van der Waals surface area contributed by atoms with Crippen LogP contribution in [-0.4, -0.2) is 40.3 Å². The van der Waals surface area contributed by atoms with Gasteiger partial charge in [0.25, 0.3) is 0 Å². The van der Waals surface area contributed by atoms with Gasteiger partial charge in [0.1, 0.15) is 5.60 Å². The van der Waals surface area contributed by atoms with Gasteiger partial charge in [0, 0.05) is 12.6 Å². The lowest BCUT2D eigenvalue weighted by atomic mass is 9.72. The lowest BCUT2D eigenvalue weighted by Gasteiger charge is -2.51. The summed E-state index contributed by atoms with van der Waals surface area (Å²) in [6.07, 6.45) is 1.90. The first-order chi connectivity index (χ1) is 8.28. The average molecular weight is 255 g/mol. The van der Waals surface area contributed by atoms with Crippen LogP contribution in [0, 0.1) is 11.8 Å². The summed E-state index contributed by atoms with van der Waals surface area (Å²) in [6, 6.07) is 0.0645. The maximum atomic E-state index is 11.9. The lowest BCUT2D eigenvalue weighted by Crippen LogP contribution is -2.61. The number of likely N-dealkylation sites (tertiary alicyclic amines) is 1. The van der Waals surface area contributed by atoms with E-state index in [1.165, 1.54) is 0 Å². The van der Waals surface area contributed by atoms with Gasteiger partial charge in [-0.3, -0.25) is 4.79 Å². The maximum Gasteiger partial charge on any atom is 0.410 e. The van der Waals surface area contributed by atoms with Crippen molar-refractivity contribution in [2.45, 2.75) is 51.7 Å². The first-order valence-electron chi connectivity index (χ1n) is 6.50. The second-order valence-corrected chi connectivity index (χ2v) is 6.31. The summed E-state index contributed by atoms with van der Waals surface area (Å²) in [5.41, 5.74) is -0.497. The van der Waals surface area contributed by atoms with Crippen LogP contribution in [-0.2, 0) is 9.53 Å². The van der Waals surface area contributed by atoms with Crippen LogP contribution in [0.5, 0.6) is 0 Å². The van der Waals surface area contributed by atoms with Crippen molar-refractivity contribution in [2.75, 3.05) is 6.54 Å². The molecule has 1 amide bonds. The molecule has 0 aromatic carbocycles. The zero-order valence-electron chi connectivity index (χ0n) is 11.2. The number of carbonyl (C=O) groups is 2. The van der Waals surface area contributed by atoms with Gasteiger partial charge in [-0.25, -0.2) is 4.79 Å². The lowest BCUT2D eigenvalue weighted by molar-refractivity contribution is -0.146. The van der Waals surface area contributed by atoms with Crippen LogP contribution < -0.4 is 0 Å². The number of hydrogen-bond acceptors (Lipinski definition) is 3. The van der Waals surface area contributed by atoms with Crippen LogP contribution in [0.25, 0.3) is 0 Å². The van der Waals surface area contributed by atoms with E-state index in [9.17, 15) is 9.59 Å². The topological polar surface area (TPSA) is 66.8 Å². The van der Waals surface area contributed by atoms with Crippen molar-refractivity contribution in [1.82, 2.24) is 4.90 Å². The molecule has 0 bridgehead atoms. The number of nitrogens with zero attached hydrogens (tertiary/aromatic N) is 1. The number of aliphatic carboxylic acids is 1. The summed E-state index contributed by atoms with van der Waals surface area (Å²) in [5.74, 6) is -0.589. The molecule has 2 aliphatic rings. The number of amides is 1. The van der Waals surface area contributed by atoms with Gasteiger partial charge in [-0.05, 0) is 46.0 Å². The van der Waals surface area contributed by atoms with Crippen LogP contribution in [0.15, 0.2) is 0 Å². The van der Waals surface area contributed by atoms with Crippen molar-refractivity contribution in [1.29, 1.82) is 0 Å². The van der Waals surface area contributed by atoms with E-state index < -0.39 is 11.6 Å². The van der Waals surface area contributed by atoms with Crippen LogP contribution in [0.2, 0.25) is 0 Å². The maximum absolute atomic E-state index is 11.9. The molecule has 102 valence electrons. The van der Waals surface area contributed by atoms with Gasteiger partial charge in [0.05, 0.1) is 5.92 Å². The Kier molecular flexibility index (Phi) is 3.25. The highest BCUT2D eigenvalue weighted by Crippen LogP contribution is 2.40. The fourth-order valence-electron chi connectivity index (χ4n) is 2.81. The molecule has 1 saturated carbocycles. The molecule has 1 aliphatic heterocycles. The summed E-state index contributed by atoms with van der Waals surface area (Å²) < 4.78 is 5.33. The minimum Gasteiger partial charge on any atom is -0.481 e. The SMILES string of the molecule is CC(C)(C)OC(=O)N1CC2CCC(C(=O)O)CC21. The number of ether oxygens (including phenoxy) is 1. The number of carboxylic acid groups (broad SMARTS) is 1. The second kappa shape index (κ2) is 4.44. The third-order valence-electron chi connectivity index (χ3n) is 3.76. The van der Waals surface area contributed by atoms with Gasteiger partial charge < -0.3 is 14.7 Å². The molecular formula is C13H21NO4. The van der Waals surface area contributed by atoms with Gasteiger partial charge in [-0.1, -0.05) is 0 Å². The first-order valence-corrected chi connectivity index (χ1v) is 6.50. The number of fused-ring (bicyclic) bond motifs is 1. The Hall–Kier alpha value is -1.26. The fraction of sp³-hybridized carbons (Fsp3) is 0.846. The normalized spacial score (nSPS) is 31.3. The standard InChI is InChI=1S/C13H21NO4/c1-13(2,3)18-12(17)14-7-9-5-4-8(11(15)16)6-10(9)14/h8-10H,4-7H2,1-3H3,(H,15,16). The molecule has 1 heterocycles. The molecule has 1 saturated heterocycles. The van der Waals surface area contributed by atoms with Crippen molar-refractivity contribution < 1.29 is 19.4 Å². The van der Waals surface area contributed by atoms with E-state index in [-0.39, 0.29) is 18.1 Å². The van der Waals surface area contributed by atoms with Crippen molar-refractivity contribution in [3.63, 3.8) is 0 Å². The molecule has 0 aromatic heterocycles. The van der Waals surface area contributed by atoms with E-state index in [0.717, 1.165) is 12.8 Å². The summed E-state index contributed by atoms with van der Waals surface area (Å²) in [6.45, 7) is 6.22. The molecule has 0 spiro atoms. The summed E-state index contributed by atoms with van der Waals surface area (Å²) >= 11 is 0. The van der Waals surface area contributed by atoms with Crippen LogP contribution in [0.3, 0.4) is 0 Å². The number of rotatable bonds is 1. The predicted molar refractivity (Wildman–Crippen MR) is 65.2 cm³/mol. The van der Waals surface area contributed by atoms with Gasteiger partial charge in [0.2, 0.25) is 0 Å². The highest BCUT2D eigenvalue weighted by atomic mass is 16.6. The molecule has 18 heavy (non-hydrogen) atoms. The summed E-state index contributed by atoms with van der Waals surface area (Å²) in [5, 5.41) is 9.04. The van der Waals surface area contributed by atoms with E-state index >= 15 is 0 Å². The Morgan fingerprint density at radius 3 is 2.50 bits per heavy atom. The molecule has 0 radical (unpaired) electrons. The molecule has 3 atom stereocenters. The van der Waals surface area contributed by atoms with Crippen molar-refractivity contribution in [3.05, 3.63) is 0 Å². The zero-order chi connectivity index (χ0) is 13.5. The Morgan fingerprint density at radius 2 is 1.94 bits per heavy atom. The molecule has 5 nitrogen and oxygen atoms in total. The number of carbonyl (C=O) groups excluding carboxylic acids is 1. The smallest absolute Gasteiger partial charge is 0.410 e. The Balaban J connectivity index is 1.94. The molecule has 1 N–H and O–H groups in total. The third kappa shape index (κ3) is 2.60. The van der Waals surface area contributed by atoms with E-state index in [1.54, 1.807) is 4.90 Å². The second-order valence-electron chi connectivity index (χ2n) is 6.31. The predicted octanol–water partition coefficient (Wildman–Crippen LogP) is 2.11. The van der Waals surface area contributed by atoms with Crippen molar-refractivity contribution in [3.8, 4) is 0 Å². The monoisotopic (exact) mass is 255 g/mol. The summed E-state index contributed by atoms with van der Waals surface area (Å²) in [4.78, 5) is 24.6. The highest BCUT2D eigenvalue weighted by Gasteiger charge is 2.47. The number of hydrogen-bond donors (Lipinski definition) is 1. The fourth-order valence-corrected chi connectivity index (χ4v) is 2.81. The van der Waals surface area contributed by atoms with Crippen LogP contribution in [0.1, 0.15) is 40.0 Å². The molecule has 3 unspecified atom stereocenters. The minimum atomic E-state index is -0.746. The summed E-state index contributed by atoms with van der Waals surface area (Å²) in [7, 11) is 0. The van der Waals surface area contributed by atoms with Gasteiger partial charge in [0.15, 0.2) is 0 Å². The zero-order valence-corrected chi connectivity index (χ0v) is 11.2. The molecule has 2 rings (SSSR count). The van der Waals surface area contributed by atoms with Crippen LogP contribution in [0.4, 0.5) is 4.79 Å². The molecule has 2 fully saturated rings.